The lowest BCUT2D eigenvalue weighted by Gasteiger charge is -2.32. The number of nitrogens with one attached hydrogen (secondary N) is 3. The lowest BCUT2D eigenvalue weighted by molar-refractivity contribution is 0.0595. The Morgan fingerprint density at radius 1 is 0.432 bits per heavy atom. The Bertz CT molecular complexity index is 4660. The SMILES string of the molecule is COC(=O)c1ccc2[nH]c(C(C)C3CCC(c4ccnc5ccc(F)cc45)CC3)nc2c1F.C[C@@H](c1nc2c(Cl)c(F)c(F)cc2[nH]1)C1CCC(c2ccnc3ccc(F)cc23)CC1.C[C@H](c1nc2c(Cl)c(F)c(F)cc2[nH]1)C1CCC(c2ccnc3ccc(F)cc23)CC1. The molecule has 6 aromatic carbocycles. The van der Waals surface area contributed by atoms with Gasteiger partial charge in [-0.15, -0.1) is 0 Å². The molecular formula is C74H67Cl2F8N9O2. The molecule has 0 amide bonds. The summed E-state index contributed by atoms with van der Waals surface area (Å²) in [5.74, 6) is -1.56. The number of rotatable bonds is 10. The fraction of sp³-hybridized carbons (Fsp3) is 0.338. The minimum Gasteiger partial charge on any atom is -0.465 e. The fourth-order valence-electron chi connectivity index (χ4n) is 15.1. The highest BCUT2D eigenvalue weighted by Gasteiger charge is 2.34. The molecule has 15 rings (SSSR count). The van der Waals surface area contributed by atoms with Gasteiger partial charge in [0, 0.05) is 64.6 Å². The molecule has 11 nitrogen and oxygen atoms in total. The van der Waals surface area contributed by atoms with E-state index in [1.807, 2.05) is 18.2 Å². The molecule has 0 radical (unpaired) electrons. The number of halogens is 10. The van der Waals surface area contributed by atoms with E-state index in [0.29, 0.717) is 63.7 Å². The molecule has 95 heavy (non-hydrogen) atoms. The standard InChI is InChI=1S/C26H25F2N3O2.2C24H21ClF3N3/c1-14(25-30-22-10-8-19(26(32)33-2)23(28)24(22)31-25)15-3-5-16(6-4-15)18-11-12-29-21-9-7-17(27)13-20(18)21;2*1-12(24-30-20-11-18(27)22(28)21(25)23(20)31-24)13-2-4-14(5-3-13)16-8-9-29-19-7-6-15(26)10-17(16)19/h7-16H,3-6H2,1-2H3,(H,30,31);2*6-14H,2-5H2,1H3,(H,30,31)/t;2*12-,13?,14?/m.10/s1. The first-order valence-corrected chi connectivity index (χ1v) is 33.0. The number of fused-ring (bicyclic) bond motifs is 6. The first kappa shape index (κ1) is 65.1. The van der Waals surface area contributed by atoms with Gasteiger partial charge in [-0.05, 0) is 214 Å². The van der Waals surface area contributed by atoms with E-state index in [4.69, 9.17) is 23.2 Å². The highest BCUT2D eigenvalue weighted by atomic mass is 35.5. The van der Waals surface area contributed by atoms with Crippen LogP contribution in [0.2, 0.25) is 10.0 Å². The number of carbonyl (C=O) groups excluding carboxylic acids is 1. The van der Waals surface area contributed by atoms with Gasteiger partial charge >= 0.3 is 5.97 Å². The third-order valence-corrected chi connectivity index (χ3v) is 21.2. The summed E-state index contributed by atoms with van der Waals surface area (Å²) in [6, 6.07) is 25.5. The largest absolute Gasteiger partial charge is 0.465 e. The first-order chi connectivity index (χ1) is 45.8. The van der Waals surface area contributed by atoms with Crippen molar-refractivity contribution in [3.05, 3.63) is 212 Å². The van der Waals surface area contributed by atoms with Crippen LogP contribution in [0.15, 0.2) is 116 Å². The number of aromatic nitrogens is 9. The summed E-state index contributed by atoms with van der Waals surface area (Å²) in [6.07, 6.45) is 17.2. The zero-order chi connectivity index (χ0) is 66.5. The zero-order valence-corrected chi connectivity index (χ0v) is 53.9. The van der Waals surface area contributed by atoms with Crippen molar-refractivity contribution < 1.29 is 44.7 Å². The Kier molecular flexibility index (Phi) is 18.7. The molecule has 1 unspecified atom stereocenters. The number of benzene rings is 6. The number of nitrogens with zero attached hydrogens (tertiary/aromatic N) is 6. The molecule has 3 aliphatic rings. The van der Waals surface area contributed by atoms with Crippen LogP contribution >= 0.6 is 23.2 Å². The molecule has 3 fully saturated rings. The number of H-pyrrole nitrogens is 3. The van der Waals surface area contributed by atoms with Gasteiger partial charge < -0.3 is 19.7 Å². The van der Waals surface area contributed by atoms with E-state index < -0.39 is 35.1 Å². The van der Waals surface area contributed by atoms with Crippen molar-refractivity contribution in [2.75, 3.05) is 7.11 Å². The lowest BCUT2D eigenvalue weighted by Crippen LogP contribution is -2.19. The molecule has 3 N–H and O–H groups in total. The predicted molar refractivity (Wildman–Crippen MR) is 354 cm³/mol. The van der Waals surface area contributed by atoms with Gasteiger partial charge in [0.2, 0.25) is 0 Å². The molecule has 3 aliphatic carbocycles. The monoisotopic (exact) mass is 1340 g/mol. The van der Waals surface area contributed by atoms with Crippen LogP contribution in [-0.4, -0.2) is 57.9 Å². The molecule has 6 heterocycles. The molecule has 0 aliphatic heterocycles. The van der Waals surface area contributed by atoms with Crippen molar-refractivity contribution in [1.29, 1.82) is 0 Å². The minimum absolute atomic E-state index is 0.0992. The van der Waals surface area contributed by atoms with Gasteiger partial charge in [0.15, 0.2) is 29.1 Å². The average Bonchev–Trinajstić information content (AvgIpc) is 1.77. The maximum atomic E-state index is 14.8. The number of aromatic amines is 3. The van der Waals surface area contributed by atoms with Crippen molar-refractivity contribution in [3.8, 4) is 0 Å². The van der Waals surface area contributed by atoms with Gasteiger partial charge in [0.05, 0.1) is 45.8 Å². The number of hydrogen-bond donors (Lipinski definition) is 3. The Balaban J connectivity index is 0.000000129. The van der Waals surface area contributed by atoms with Crippen LogP contribution < -0.4 is 0 Å². The fourth-order valence-corrected chi connectivity index (χ4v) is 15.5. The second-order valence-electron chi connectivity index (χ2n) is 25.8. The molecule has 490 valence electrons. The molecular weight excluding hydrogens is 1270 g/mol. The average molecular weight is 1340 g/mol. The van der Waals surface area contributed by atoms with Gasteiger partial charge in [0.1, 0.15) is 61.5 Å². The lowest BCUT2D eigenvalue weighted by atomic mass is 9.73. The summed E-state index contributed by atoms with van der Waals surface area (Å²) in [5, 5.41) is 2.09. The maximum Gasteiger partial charge on any atom is 0.340 e. The van der Waals surface area contributed by atoms with Gasteiger partial charge in [0.25, 0.3) is 0 Å². The Morgan fingerprint density at radius 2 is 0.768 bits per heavy atom. The number of imidazole rings is 3. The molecule has 12 aromatic rings. The van der Waals surface area contributed by atoms with E-state index in [-0.39, 0.29) is 67.4 Å². The maximum absolute atomic E-state index is 14.8. The van der Waals surface area contributed by atoms with Crippen LogP contribution in [0.25, 0.3) is 65.8 Å². The Labute approximate surface area is 551 Å². The number of ether oxygens (including phenoxy) is 1. The highest BCUT2D eigenvalue weighted by molar-refractivity contribution is 6.35. The zero-order valence-electron chi connectivity index (χ0n) is 52.4. The molecule has 6 aromatic heterocycles. The van der Waals surface area contributed by atoms with Crippen LogP contribution in [0.4, 0.5) is 35.1 Å². The summed E-state index contributed by atoms with van der Waals surface area (Å²) in [5.41, 5.74) is 7.87. The summed E-state index contributed by atoms with van der Waals surface area (Å²) in [6.45, 7) is 6.28. The van der Waals surface area contributed by atoms with Crippen molar-refractivity contribution in [1.82, 2.24) is 44.9 Å². The summed E-state index contributed by atoms with van der Waals surface area (Å²) in [7, 11) is 1.23. The number of hydrogen-bond acceptors (Lipinski definition) is 8. The minimum atomic E-state index is -1.07. The third-order valence-electron chi connectivity index (χ3n) is 20.5. The molecule has 0 saturated heterocycles. The summed E-state index contributed by atoms with van der Waals surface area (Å²) in [4.78, 5) is 47.8. The quantitative estimate of drug-likeness (QED) is 0.0696. The van der Waals surface area contributed by atoms with Crippen LogP contribution in [0.3, 0.4) is 0 Å². The molecule has 0 spiro atoms. The van der Waals surface area contributed by atoms with Gasteiger partial charge in [-0.2, -0.15) is 0 Å². The van der Waals surface area contributed by atoms with Gasteiger partial charge in [-0.3, -0.25) is 15.0 Å². The molecule has 0 bridgehead atoms. The smallest absolute Gasteiger partial charge is 0.340 e. The van der Waals surface area contributed by atoms with E-state index in [0.717, 1.165) is 144 Å². The number of pyridine rings is 3. The van der Waals surface area contributed by atoms with Crippen LogP contribution in [0, 0.1) is 64.3 Å². The van der Waals surface area contributed by atoms with Crippen LogP contribution in [-0.2, 0) is 4.74 Å². The van der Waals surface area contributed by atoms with Crippen molar-refractivity contribution in [2.45, 2.75) is 133 Å². The number of esters is 1. The van der Waals surface area contributed by atoms with Crippen molar-refractivity contribution in [2.24, 2.45) is 17.8 Å². The molecule has 21 heteroatoms. The van der Waals surface area contributed by atoms with Gasteiger partial charge in [-0.1, -0.05) is 44.0 Å². The molecule has 3 atom stereocenters. The van der Waals surface area contributed by atoms with E-state index in [1.165, 1.54) is 31.4 Å². The first-order valence-electron chi connectivity index (χ1n) is 32.3. The van der Waals surface area contributed by atoms with Crippen molar-refractivity contribution >= 4 is 95.0 Å². The van der Waals surface area contributed by atoms with Gasteiger partial charge in [-0.25, -0.2) is 54.9 Å². The summed E-state index contributed by atoms with van der Waals surface area (Å²) < 4.78 is 116. The van der Waals surface area contributed by atoms with Crippen molar-refractivity contribution in [3.63, 3.8) is 0 Å². The highest BCUT2D eigenvalue weighted by Crippen LogP contribution is 2.47. The van der Waals surface area contributed by atoms with Crippen LogP contribution in [0.5, 0.6) is 0 Å². The Hall–Kier alpha value is -8.55. The third kappa shape index (κ3) is 13.1. The van der Waals surface area contributed by atoms with E-state index in [2.05, 4.69) is 70.4 Å². The topological polar surface area (TPSA) is 151 Å². The summed E-state index contributed by atoms with van der Waals surface area (Å²) >= 11 is 11.9. The molecule has 3 saturated carbocycles. The van der Waals surface area contributed by atoms with E-state index >= 15 is 0 Å². The second-order valence-corrected chi connectivity index (χ2v) is 26.6. The second kappa shape index (κ2) is 27.3. The Morgan fingerprint density at radius 3 is 1.12 bits per heavy atom. The van der Waals surface area contributed by atoms with Crippen LogP contribution in [0.1, 0.15) is 178 Å². The normalized spacial score (nSPS) is 20.1. The predicted octanol–water partition coefficient (Wildman–Crippen LogP) is 20.8. The van der Waals surface area contributed by atoms with E-state index in [1.54, 1.807) is 61.1 Å². The van der Waals surface area contributed by atoms with E-state index in [9.17, 15) is 39.9 Å². The number of methoxy groups -OCH3 is 1. The number of carbonyl (C=O) groups is 1.